The number of carbonyl (C=O) groups is 2. The quantitative estimate of drug-likeness (QED) is 0.686. The summed E-state index contributed by atoms with van der Waals surface area (Å²) in [6, 6.07) is 9.65. The Kier molecular flexibility index (Phi) is 5.20. The summed E-state index contributed by atoms with van der Waals surface area (Å²) < 4.78 is 6.58. The molecule has 1 aromatic carbocycles. The van der Waals surface area contributed by atoms with Gasteiger partial charge in [0.05, 0.1) is 24.9 Å². The van der Waals surface area contributed by atoms with Gasteiger partial charge in [0.25, 0.3) is 0 Å². The number of hydrogen-bond acceptors (Lipinski definition) is 6. The molecule has 0 spiro atoms. The molecular weight excluding hydrogens is 340 g/mol. The van der Waals surface area contributed by atoms with Crippen molar-refractivity contribution < 1.29 is 14.3 Å². The van der Waals surface area contributed by atoms with Crippen LogP contribution < -0.4 is 5.32 Å². The lowest BCUT2D eigenvalue weighted by molar-refractivity contribution is -0.115. The predicted octanol–water partition coefficient (Wildman–Crippen LogP) is 2.69. The molecule has 0 unspecified atom stereocenters. The van der Waals surface area contributed by atoms with Gasteiger partial charge in [-0.2, -0.15) is 5.10 Å². The number of ether oxygens (including phenoxy) is 1. The van der Waals surface area contributed by atoms with Crippen molar-refractivity contribution in [2.45, 2.75) is 13.3 Å². The maximum absolute atomic E-state index is 12.1. The van der Waals surface area contributed by atoms with Gasteiger partial charge in [0.1, 0.15) is 0 Å². The summed E-state index contributed by atoms with van der Waals surface area (Å²) in [4.78, 5) is 27.8. The first kappa shape index (κ1) is 16.8. The molecule has 0 aliphatic rings. The van der Waals surface area contributed by atoms with Gasteiger partial charge in [-0.3, -0.25) is 4.79 Å². The monoisotopic (exact) mass is 356 g/mol. The van der Waals surface area contributed by atoms with Crippen LogP contribution in [0, 0.1) is 0 Å². The molecule has 0 fully saturated rings. The Labute approximate surface area is 148 Å². The zero-order chi connectivity index (χ0) is 17.6. The maximum Gasteiger partial charge on any atom is 0.357 e. The molecule has 0 radical (unpaired) electrons. The highest BCUT2D eigenvalue weighted by Gasteiger charge is 2.14. The van der Waals surface area contributed by atoms with Gasteiger partial charge in [-0.25, -0.2) is 14.5 Å². The number of esters is 1. The lowest BCUT2D eigenvalue weighted by Crippen LogP contribution is -2.14. The van der Waals surface area contributed by atoms with Crippen molar-refractivity contribution in [3.05, 3.63) is 59.4 Å². The Bertz CT molecular complexity index is 873. The number of para-hydroxylation sites is 1. The molecule has 7 nitrogen and oxygen atoms in total. The van der Waals surface area contributed by atoms with E-state index in [2.05, 4.69) is 15.4 Å². The van der Waals surface area contributed by atoms with Crippen LogP contribution in [0.15, 0.2) is 48.1 Å². The van der Waals surface area contributed by atoms with Crippen LogP contribution in [-0.4, -0.2) is 33.2 Å². The lowest BCUT2D eigenvalue weighted by atomic mass is 10.2. The molecule has 3 aromatic rings. The summed E-state index contributed by atoms with van der Waals surface area (Å²) in [5.74, 6) is -0.722. The zero-order valence-corrected chi connectivity index (χ0v) is 14.3. The van der Waals surface area contributed by atoms with Crippen LogP contribution in [0.4, 0.5) is 5.13 Å². The summed E-state index contributed by atoms with van der Waals surface area (Å²) in [7, 11) is 0. The molecule has 0 saturated carbocycles. The molecule has 3 rings (SSSR count). The summed E-state index contributed by atoms with van der Waals surface area (Å²) in [6.45, 7) is 2.01. The van der Waals surface area contributed by atoms with E-state index in [0.717, 1.165) is 11.3 Å². The number of nitrogens with zero attached hydrogens (tertiary/aromatic N) is 3. The largest absolute Gasteiger partial charge is 0.461 e. The second-order valence-corrected chi connectivity index (χ2v) is 5.97. The van der Waals surface area contributed by atoms with Crippen molar-refractivity contribution in [1.29, 1.82) is 0 Å². The fourth-order valence-electron chi connectivity index (χ4n) is 2.15. The van der Waals surface area contributed by atoms with E-state index in [-0.39, 0.29) is 24.6 Å². The molecule has 1 N–H and O–H groups in total. The number of nitrogens with one attached hydrogen (secondary N) is 1. The van der Waals surface area contributed by atoms with E-state index in [0.29, 0.717) is 5.13 Å². The van der Waals surface area contributed by atoms with Gasteiger partial charge in [-0.15, -0.1) is 11.3 Å². The van der Waals surface area contributed by atoms with E-state index in [1.54, 1.807) is 29.4 Å². The molecule has 0 aliphatic heterocycles. The fourth-order valence-corrected chi connectivity index (χ4v) is 2.85. The van der Waals surface area contributed by atoms with Crippen LogP contribution in [0.25, 0.3) is 5.69 Å². The minimum atomic E-state index is -0.497. The third-order valence-electron chi connectivity index (χ3n) is 3.26. The first-order valence-corrected chi connectivity index (χ1v) is 8.55. The number of hydrogen-bond donors (Lipinski definition) is 1. The van der Waals surface area contributed by atoms with Crippen LogP contribution in [0.3, 0.4) is 0 Å². The predicted molar refractivity (Wildman–Crippen MR) is 94.0 cm³/mol. The number of rotatable bonds is 6. The van der Waals surface area contributed by atoms with E-state index in [1.165, 1.54) is 11.3 Å². The SMILES string of the molecule is CCOC(=O)c1csc(NC(=O)Cc2cnn(-c3ccccc3)c2)n1. The Balaban J connectivity index is 1.60. The molecule has 0 bridgehead atoms. The molecule has 1 amide bonds. The van der Waals surface area contributed by atoms with E-state index in [4.69, 9.17) is 4.74 Å². The molecule has 25 heavy (non-hydrogen) atoms. The number of aromatic nitrogens is 3. The standard InChI is InChI=1S/C17H16N4O3S/c1-2-24-16(23)14-11-25-17(19-14)20-15(22)8-12-9-18-21(10-12)13-6-4-3-5-7-13/h3-7,9-11H,2,8H2,1H3,(H,19,20,22). The fraction of sp³-hybridized carbons (Fsp3) is 0.176. The third-order valence-corrected chi connectivity index (χ3v) is 4.01. The van der Waals surface area contributed by atoms with Gasteiger partial charge >= 0.3 is 5.97 Å². The number of carbonyl (C=O) groups excluding carboxylic acids is 2. The zero-order valence-electron chi connectivity index (χ0n) is 13.5. The van der Waals surface area contributed by atoms with Crippen molar-refractivity contribution in [1.82, 2.24) is 14.8 Å². The van der Waals surface area contributed by atoms with Gasteiger partial charge < -0.3 is 10.1 Å². The minimum absolute atomic E-state index is 0.168. The summed E-state index contributed by atoms with van der Waals surface area (Å²) in [5, 5.41) is 8.86. The number of anilines is 1. The molecule has 128 valence electrons. The Morgan fingerprint density at radius 1 is 1.28 bits per heavy atom. The van der Waals surface area contributed by atoms with Gasteiger partial charge in [-0.05, 0) is 24.6 Å². The van der Waals surface area contributed by atoms with Gasteiger partial charge in [-0.1, -0.05) is 18.2 Å². The molecule has 0 aliphatic carbocycles. The Morgan fingerprint density at radius 2 is 2.08 bits per heavy atom. The van der Waals surface area contributed by atoms with Gasteiger partial charge in [0, 0.05) is 11.6 Å². The maximum atomic E-state index is 12.1. The molecule has 0 atom stereocenters. The first-order valence-electron chi connectivity index (χ1n) is 7.67. The average Bonchev–Trinajstić information content (AvgIpc) is 3.25. The molecular formula is C17H16N4O3S. The summed E-state index contributed by atoms with van der Waals surface area (Å²) in [5.41, 5.74) is 1.90. The molecule has 0 saturated heterocycles. The highest BCUT2D eigenvalue weighted by molar-refractivity contribution is 7.14. The third kappa shape index (κ3) is 4.30. The number of thiazole rings is 1. The van der Waals surface area contributed by atoms with E-state index >= 15 is 0 Å². The van der Waals surface area contributed by atoms with Crippen LogP contribution in [0.5, 0.6) is 0 Å². The van der Waals surface area contributed by atoms with E-state index < -0.39 is 5.97 Å². The second-order valence-electron chi connectivity index (χ2n) is 5.11. The Hall–Kier alpha value is -3.00. The van der Waals surface area contributed by atoms with E-state index in [1.807, 2.05) is 30.3 Å². The smallest absolute Gasteiger partial charge is 0.357 e. The lowest BCUT2D eigenvalue weighted by Gasteiger charge is -2.00. The van der Waals surface area contributed by atoms with Crippen molar-refractivity contribution >= 4 is 28.3 Å². The van der Waals surface area contributed by atoms with E-state index in [9.17, 15) is 9.59 Å². The van der Waals surface area contributed by atoms with Crippen LogP contribution in [0.2, 0.25) is 0 Å². The van der Waals surface area contributed by atoms with Crippen LogP contribution in [0.1, 0.15) is 23.0 Å². The number of amides is 1. The average molecular weight is 356 g/mol. The highest BCUT2D eigenvalue weighted by Crippen LogP contribution is 2.17. The topological polar surface area (TPSA) is 86.1 Å². The highest BCUT2D eigenvalue weighted by atomic mass is 32.1. The summed E-state index contributed by atoms with van der Waals surface area (Å²) >= 11 is 1.18. The number of benzene rings is 1. The van der Waals surface area contributed by atoms with Crippen molar-refractivity contribution in [3.63, 3.8) is 0 Å². The van der Waals surface area contributed by atoms with Crippen molar-refractivity contribution in [2.75, 3.05) is 11.9 Å². The first-order chi connectivity index (χ1) is 12.2. The van der Waals surface area contributed by atoms with Crippen LogP contribution in [-0.2, 0) is 16.0 Å². The molecule has 8 heteroatoms. The van der Waals surface area contributed by atoms with Crippen molar-refractivity contribution in [2.24, 2.45) is 0 Å². The normalized spacial score (nSPS) is 10.4. The molecule has 2 heterocycles. The van der Waals surface area contributed by atoms with Crippen molar-refractivity contribution in [3.8, 4) is 5.69 Å². The van der Waals surface area contributed by atoms with Gasteiger partial charge in [0.15, 0.2) is 10.8 Å². The molecule has 2 aromatic heterocycles. The Morgan fingerprint density at radius 3 is 2.84 bits per heavy atom. The summed E-state index contributed by atoms with van der Waals surface area (Å²) in [6.07, 6.45) is 3.63. The van der Waals surface area contributed by atoms with Crippen LogP contribution >= 0.6 is 11.3 Å². The second kappa shape index (κ2) is 7.71. The minimum Gasteiger partial charge on any atom is -0.461 e. The van der Waals surface area contributed by atoms with Gasteiger partial charge in [0.2, 0.25) is 5.91 Å².